The van der Waals surface area contributed by atoms with E-state index < -0.39 is 0 Å². The molecule has 1 unspecified atom stereocenters. The zero-order valence-electron chi connectivity index (χ0n) is 8.20. The molecule has 0 N–H and O–H groups in total. The van der Waals surface area contributed by atoms with Gasteiger partial charge in [-0.3, -0.25) is 0 Å². The highest BCUT2D eigenvalue weighted by atomic mass is 35.5. The third-order valence-electron chi connectivity index (χ3n) is 3.15. The Morgan fingerprint density at radius 3 is 2.75 bits per heavy atom. The number of rotatable bonds is 2. The molecule has 0 aliphatic heterocycles. The van der Waals surface area contributed by atoms with Crippen LogP contribution in [-0.2, 0) is 0 Å². The van der Waals surface area contributed by atoms with E-state index in [-0.39, 0.29) is 0 Å². The first-order valence-corrected chi connectivity index (χ1v) is 5.35. The van der Waals surface area contributed by atoms with Crippen molar-refractivity contribution in [2.75, 3.05) is 5.88 Å². The van der Waals surface area contributed by atoms with E-state index >= 15 is 0 Å². The molecule has 12 heavy (non-hydrogen) atoms. The van der Waals surface area contributed by atoms with Gasteiger partial charge in [-0.25, -0.2) is 0 Å². The van der Waals surface area contributed by atoms with Crippen molar-refractivity contribution in [2.24, 2.45) is 11.3 Å². The second-order valence-corrected chi connectivity index (χ2v) is 4.91. The van der Waals surface area contributed by atoms with Crippen molar-refractivity contribution in [3.05, 3.63) is 12.2 Å². The molecule has 1 heteroatoms. The normalized spacial score (nSPS) is 28.9. The monoisotopic (exact) mass is 186 g/mol. The average molecular weight is 187 g/mol. The summed E-state index contributed by atoms with van der Waals surface area (Å²) in [5.41, 5.74) is 1.86. The molecule has 0 spiro atoms. The Hall–Kier alpha value is 0.0300. The summed E-state index contributed by atoms with van der Waals surface area (Å²) in [6.45, 7) is 8.83. The van der Waals surface area contributed by atoms with Crippen LogP contribution >= 0.6 is 11.6 Å². The largest absolute Gasteiger partial charge is 0.127 e. The average Bonchev–Trinajstić information content (AvgIpc) is 1.97. The maximum Gasteiger partial charge on any atom is 0.0229 e. The maximum absolute atomic E-state index is 5.79. The Labute approximate surface area is 81.0 Å². The van der Waals surface area contributed by atoms with Crippen molar-refractivity contribution < 1.29 is 0 Å². The lowest BCUT2D eigenvalue weighted by molar-refractivity contribution is 0.186. The summed E-state index contributed by atoms with van der Waals surface area (Å²) >= 11 is 5.79. The lowest BCUT2D eigenvalue weighted by Crippen LogP contribution is -2.29. The predicted octanol–water partition coefficient (Wildman–Crippen LogP) is 4.00. The first-order valence-electron chi connectivity index (χ1n) is 4.81. The summed E-state index contributed by atoms with van der Waals surface area (Å²) in [5.74, 6) is 1.43. The van der Waals surface area contributed by atoms with Gasteiger partial charge in [0, 0.05) is 5.88 Å². The molecule has 0 bridgehead atoms. The van der Waals surface area contributed by atoms with Gasteiger partial charge in [0.05, 0.1) is 0 Å². The number of hydrogen-bond donors (Lipinski definition) is 0. The molecule has 0 aromatic rings. The van der Waals surface area contributed by atoms with Crippen LogP contribution in [0, 0.1) is 11.3 Å². The van der Waals surface area contributed by atoms with E-state index in [2.05, 4.69) is 20.4 Å². The van der Waals surface area contributed by atoms with Gasteiger partial charge >= 0.3 is 0 Å². The van der Waals surface area contributed by atoms with Gasteiger partial charge in [-0.05, 0) is 37.0 Å². The number of allylic oxidation sites excluding steroid dienone is 1. The molecular weight excluding hydrogens is 168 g/mol. The Morgan fingerprint density at radius 1 is 1.58 bits per heavy atom. The van der Waals surface area contributed by atoms with E-state index in [1.807, 2.05) is 0 Å². The van der Waals surface area contributed by atoms with Gasteiger partial charge in [0.25, 0.3) is 0 Å². The fourth-order valence-corrected chi connectivity index (χ4v) is 2.59. The molecule has 0 aromatic heterocycles. The fourth-order valence-electron chi connectivity index (χ4n) is 2.38. The van der Waals surface area contributed by atoms with Crippen LogP contribution in [0.2, 0.25) is 0 Å². The van der Waals surface area contributed by atoms with Crippen molar-refractivity contribution >= 4 is 11.6 Å². The van der Waals surface area contributed by atoms with E-state index in [9.17, 15) is 0 Å². The van der Waals surface area contributed by atoms with Gasteiger partial charge in [-0.1, -0.05) is 26.0 Å². The molecule has 0 amide bonds. The molecule has 1 atom stereocenters. The molecule has 0 saturated heterocycles. The Balaban J connectivity index is 2.67. The first kappa shape index (κ1) is 10.1. The van der Waals surface area contributed by atoms with E-state index in [1.54, 1.807) is 0 Å². The first-order chi connectivity index (χ1) is 5.58. The van der Waals surface area contributed by atoms with Gasteiger partial charge in [0.1, 0.15) is 0 Å². The third-order valence-corrected chi connectivity index (χ3v) is 3.37. The molecule has 0 nitrogen and oxygen atoms in total. The highest BCUT2D eigenvalue weighted by molar-refractivity contribution is 6.17. The van der Waals surface area contributed by atoms with E-state index in [1.165, 1.54) is 24.8 Å². The van der Waals surface area contributed by atoms with Crippen molar-refractivity contribution in [3.63, 3.8) is 0 Å². The SMILES string of the molecule is C=C1CCCC(C)(C)C1CCCl. The molecule has 0 aromatic carbocycles. The van der Waals surface area contributed by atoms with Gasteiger partial charge in [-0.15, -0.1) is 11.6 Å². The zero-order chi connectivity index (χ0) is 9.19. The summed E-state index contributed by atoms with van der Waals surface area (Å²) in [5, 5.41) is 0. The van der Waals surface area contributed by atoms with Crippen LogP contribution in [0.25, 0.3) is 0 Å². The van der Waals surface area contributed by atoms with Gasteiger partial charge in [0.2, 0.25) is 0 Å². The molecule has 1 aliphatic rings. The summed E-state index contributed by atoms with van der Waals surface area (Å²) in [4.78, 5) is 0. The van der Waals surface area contributed by atoms with Crippen molar-refractivity contribution in [2.45, 2.75) is 39.5 Å². The fraction of sp³-hybridized carbons (Fsp3) is 0.818. The number of halogens is 1. The van der Waals surface area contributed by atoms with Crippen LogP contribution in [-0.4, -0.2) is 5.88 Å². The molecule has 70 valence electrons. The zero-order valence-corrected chi connectivity index (χ0v) is 8.95. The topological polar surface area (TPSA) is 0 Å². The minimum absolute atomic E-state index is 0.435. The maximum atomic E-state index is 5.79. The Bertz CT molecular complexity index is 170. The molecule has 0 radical (unpaired) electrons. The van der Waals surface area contributed by atoms with Crippen molar-refractivity contribution in [3.8, 4) is 0 Å². The van der Waals surface area contributed by atoms with Crippen LogP contribution in [0.3, 0.4) is 0 Å². The molecule has 1 aliphatic carbocycles. The molecular formula is C11H19Cl. The minimum Gasteiger partial charge on any atom is -0.127 e. The second kappa shape index (κ2) is 3.83. The third kappa shape index (κ3) is 2.04. The lowest BCUT2D eigenvalue weighted by atomic mass is 9.66. The standard InChI is InChI=1S/C11H19Cl/c1-9-5-4-7-11(2,3)10(9)6-8-12/h10H,1,4-8H2,2-3H3. The summed E-state index contributed by atoms with van der Waals surface area (Å²) in [6.07, 6.45) is 4.95. The van der Waals surface area contributed by atoms with Crippen LogP contribution in [0.1, 0.15) is 39.5 Å². The molecule has 0 heterocycles. The molecule has 1 fully saturated rings. The van der Waals surface area contributed by atoms with Crippen LogP contribution in [0.4, 0.5) is 0 Å². The molecule has 1 saturated carbocycles. The highest BCUT2D eigenvalue weighted by Gasteiger charge is 2.33. The highest BCUT2D eigenvalue weighted by Crippen LogP contribution is 2.44. The van der Waals surface area contributed by atoms with E-state index in [0.29, 0.717) is 11.3 Å². The van der Waals surface area contributed by atoms with Gasteiger partial charge in [-0.2, -0.15) is 0 Å². The van der Waals surface area contributed by atoms with Gasteiger partial charge in [0.15, 0.2) is 0 Å². The minimum atomic E-state index is 0.435. The predicted molar refractivity (Wildman–Crippen MR) is 55.6 cm³/mol. The van der Waals surface area contributed by atoms with Crippen LogP contribution in [0.5, 0.6) is 0 Å². The van der Waals surface area contributed by atoms with Crippen molar-refractivity contribution in [1.82, 2.24) is 0 Å². The number of hydrogen-bond acceptors (Lipinski definition) is 0. The Morgan fingerprint density at radius 2 is 2.25 bits per heavy atom. The van der Waals surface area contributed by atoms with Gasteiger partial charge < -0.3 is 0 Å². The lowest BCUT2D eigenvalue weighted by Gasteiger charge is -2.40. The Kier molecular flexibility index (Phi) is 3.22. The van der Waals surface area contributed by atoms with Crippen molar-refractivity contribution in [1.29, 1.82) is 0 Å². The second-order valence-electron chi connectivity index (χ2n) is 4.53. The van der Waals surface area contributed by atoms with E-state index in [0.717, 1.165) is 12.3 Å². The summed E-state index contributed by atoms with van der Waals surface area (Å²) in [6, 6.07) is 0. The smallest absolute Gasteiger partial charge is 0.0229 e. The number of alkyl halides is 1. The van der Waals surface area contributed by atoms with E-state index in [4.69, 9.17) is 11.6 Å². The summed E-state index contributed by atoms with van der Waals surface area (Å²) < 4.78 is 0. The molecule has 1 rings (SSSR count). The summed E-state index contributed by atoms with van der Waals surface area (Å²) in [7, 11) is 0. The van der Waals surface area contributed by atoms with Crippen LogP contribution in [0.15, 0.2) is 12.2 Å². The van der Waals surface area contributed by atoms with Crippen LogP contribution < -0.4 is 0 Å². The quantitative estimate of drug-likeness (QED) is 0.452.